The number of aryl methyl sites for hydroxylation is 1. The van der Waals surface area contributed by atoms with E-state index in [9.17, 15) is 13.2 Å². The molecular formula is C23H21N3O5S. The zero-order chi connectivity index (χ0) is 22.6. The third kappa shape index (κ3) is 5.13. The van der Waals surface area contributed by atoms with E-state index in [1.807, 2.05) is 30.3 Å². The average molecular weight is 452 g/mol. The SMILES string of the molecule is Cc1oc(-c2ccccc2)nc1CC(=O)Nc1cccc(S(=O)(=O)NCc2ccco2)c1. The van der Waals surface area contributed by atoms with Crippen LogP contribution >= 0.6 is 0 Å². The van der Waals surface area contributed by atoms with Crippen LogP contribution in [0.15, 0.2) is 86.7 Å². The number of nitrogens with zero attached hydrogens (tertiary/aromatic N) is 1. The smallest absolute Gasteiger partial charge is 0.241 e. The van der Waals surface area contributed by atoms with Crippen LogP contribution in [0.1, 0.15) is 17.2 Å². The maximum Gasteiger partial charge on any atom is 0.241 e. The van der Waals surface area contributed by atoms with Gasteiger partial charge in [-0.25, -0.2) is 18.1 Å². The number of nitrogens with one attached hydrogen (secondary N) is 2. The summed E-state index contributed by atoms with van der Waals surface area (Å²) >= 11 is 0. The number of hydrogen-bond acceptors (Lipinski definition) is 6. The zero-order valence-electron chi connectivity index (χ0n) is 17.2. The molecule has 2 N–H and O–H groups in total. The molecule has 164 valence electrons. The zero-order valence-corrected chi connectivity index (χ0v) is 18.1. The summed E-state index contributed by atoms with van der Waals surface area (Å²) in [5.41, 5.74) is 1.70. The highest BCUT2D eigenvalue weighted by molar-refractivity contribution is 7.89. The minimum absolute atomic E-state index is 0.00408. The fraction of sp³-hybridized carbons (Fsp3) is 0.130. The van der Waals surface area contributed by atoms with Crippen molar-refractivity contribution < 1.29 is 22.0 Å². The Bertz CT molecular complexity index is 1310. The van der Waals surface area contributed by atoms with E-state index in [2.05, 4.69) is 15.0 Å². The van der Waals surface area contributed by atoms with Crippen LogP contribution in [0.5, 0.6) is 0 Å². The van der Waals surface area contributed by atoms with Crippen molar-refractivity contribution in [1.29, 1.82) is 0 Å². The predicted molar refractivity (Wildman–Crippen MR) is 118 cm³/mol. The average Bonchev–Trinajstić information content (AvgIpc) is 3.43. The third-order valence-corrected chi connectivity index (χ3v) is 6.08. The molecule has 9 heteroatoms. The van der Waals surface area contributed by atoms with Crippen LogP contribution < -0.4 is 10.0 Å². The van der Waals surface area contributed by atoms with E-state index >= 15 is 0 Å². The molecule has 2 aromatic heterocycles. The molecule has 0 atom stereocenters. The Balaban J connectivity index is 1.42. The van der Waals surface area contributed by atoms with E-state index in [1.54, 1.807) is 31.2 Å². The second-order valence-electron chi connectivity index (χ2n) is 7.04. The van der Waals surface area contributed by atoms with Crippen LogP contribution in [0.4, 0.5) is 5.69 Å². The maximum atomic E-state index is 12.6. The lowest BCUT2D eigenvalue weighted by atomic mass is 10.2. The number of rotatable bonds is 8. The van der Waals surface area contributed by atoms with E-state index in [0.717, 1.165) is 5.56 Å². The van der Waals surface area contributed by atoms with E-state index in [1.165, 1.54) is 18.4 Å². The van der Waals surface area contributed by atoms with Gasteiger partial charge < -0.3 is 14.2 Å². The van der Waals surface area contributed by atoms with Crippen molar-refractivity contribution in [3.05, 3.63) is 90.2 Å². The van der Waals surface area contributed by atoms with E-state index in [4.69, 9.17) is 8.83 Å². The number of amides is 1. The van der Waals surface area contributed by atoms with Gasteiger partial charge in [0, 0.05) is 11.3 Å². The lowest BCUT2D eigenvalue weighted by Gasteiger charge is -2.09. The van der Waals surface area contributed by atoms with Gasteiger partial charge >= 0.3 is 0 Å². The minimum Gasteiger partial charge on any atom is -0.468 e. The van der Waals surface area contributed by atoms with Gasteiger partial charge in [0.2, 0.25) is 21.8 Å². The van der Waals surface area contributed by atoms with Crippen molar-refractivity contribution in [3.63, 3.8) is 0 Å². The van der Waals surface area contributed by atoms with E-state index in [0.29, 0.717) is 28.8 Å². The molecule has 0 saturated carbocycles. The Hall–Kier alpha value is -3.69. The second kappa shape index (κ2) is 9.21. The lowest BCUT2D eigenvalue weighted by Crippen LogP contribution is -2.23. The first-order valence-electron chi connectivity index (χ1n) is 9.84. The van der Waals surface area contributed by atoms with Crippen LogP contribution in [-0.4, -0.2) is 19.3 Å². The quantitative estimate of drug-likeness (QED) is 0.420. The molecule has 32 heavy (non-hydrogen) atoms. The fourth-order valence-corrected chi connectivity index (χ4v) is 4.10. The van der Waals surface area contributed by atoms with Gasteiger partial charge in [-0.1, -0.05) is 24.3 Å². The first-order valence-corrected chi connectivity index (χ1v) is 11.3. The molecule has 0 saturated heterocycles. The van der Waals surface area contributed by atoms with Crippen molar-refractivity contribution >= 4 is 21.6 Å². The number of aromatic nitrogens is 1. The molecule has 0 bridgehead atoms. The van der Waals surface area contributed by atoms with Gasteiger partial charge in [0.25, 0.3) is 0 Å². The summed E-state index contributed by atoms with van der Waals surface area (Å²) in [5, 5.41) is 2.72. The number of anilines is 1. The van der Waals surface area contributed by atoms with Crippen molar-refractivity contribution in [2.24, 2.45) is 0 Å². The Labute approximate surface area is 185 Å². The van der Waals surface area contributed by atoms with Crippen LogP contribution in [-0.2, 0) is 27.8 Å². The number of furan rings is 1. The Morgan fingerprint density at radius 1 is 1.03 bits per heavy atom. The summed E-state index contributed by atoms with van der Waals surface area (Å²) in [4.78, 5) is 17.0. The van der Waals surface area contributed by atoms with Crippen molar-refractivity contribution in [2.75, 3.05) is 5.32 Å². The molecule has 0 unspecified atom stereocenters. The molecule has 2 heterocycles. The van der Waals surface area contributed by atoms with Gasteiger partial charge in [-0.15, -0.1) is 0 Å². The summed E-state index contributed by atoms with van der Waals surface area (Å²) in [7, 11) is -3.78. The highest BCUT2D eigenvalue weighted by atomic mass is 32.2. The van der Waals surface area contributed by atoms with Crippen LogP contribution in [0, 0.1) is 6.92 Å². The molecule has 0 aliphatic heterocycles. The standard InChI is InChI=1S/C23H21N3O5S/c1-16-21(26-23(31-16)17-7-3-2-4-8-17)14-22(27)25-18-9-5-11-20(13-18)32(28,29)24-15-19-10-6-12-30-19/h2-13,24H,14-15H2,1H3,(H,25,27). The van der Waals surface area contributed by atoms with Crippen molar-refractivity contribution in [1.82, 2.24) is 9.71 Å². The predicted octanol–water partition coefficient (Wildman–Crippen LogP) is 3.90. The van der Waals surface area contributed by atoms with E-state index in [-0.39, 0.29) is 23.8 Å². The van der Waals surface area contributed by atoms with Crippen LogP contribution in [0.25, 0.3) is 11.5 Å². The first-order chi connectivity index (χ1) is 15.4. The summed E-state index contributed by atoms with van der Waals surface area (Å²) in [6.07, 6.45) is 1.47. The van der Waals surface area contributed by atoms with Gasteiger partial charge in [-0.2, -0.15) is 0 Å². The summed E-state index contributed by atoms with van der Waals surface area (Å²) in [5.74, 6) is 1.16. The van der Waals surface area contributed by atoms with Gasteiger partial charge in [0.15, 0.2) is 0 Å². The van der Waals surface area contributed by atoms with Crippen molar-refractivity contribution in [2.45, 2.75) is 24.8 Å². The molecule has 0 aliphatic carbocycles. The molecule has 2 aromatic carbocycles. The number of benzene rings is 2. The summed E-state index contributed by atoms with van der Waals surface area (Å²) < 4.78 is 38.4. The third-order valence-electron chi connectivity index (χ3n) is 4.69. The topological polar surface area (TPSA) is 114 Å². The summed E-state index contributed by atoms with van der Waals surface area (Å²) in [6.45, 7) is 1.78. The molecule has 0 fully saturated rings. The van der Waals surface area contributed by atoms with Crippen LogP contribution in [0.3, 0.4) is 0 Å². The van der Waals surface area contributed by atoms with Gasteiger partial charge in [0.1, 0.15) is 11.5 Å². The van der Waals surface area contributed by atoms with Gasteiger partial charge in [0.05, 0.1) is 29.8 Å². The molecule has 4 rings (SSSR count). The number of carbonyl (C=O) groups is 1. The van der Waals surface area contributed by atoms with Gasteiger partial charge in [-0.05, 0) is 49.4 Å². The second-order valence-corrected chi connectivity index (χ2v) is 8.81. The Morgan fingerprint density at radius 2 is 1.84 bits per heavy atom. The van der Waals surface area contributed by atoms with Crippen molar-refractivity contribution in [3.8, 4) is 11.5 Å². The number of sulfonamides is 1. The molecule has 8 nitrogen and oxygen atoms in total. The Kier molecular flexibility index (Phi) is 6.20. The van der Waals surface area contributed by atoms with Crippen LogP contribution in [0.2, 0.25) is 0 Å². The number of carbonyl (C=O) groups excluding carboxylic acids is 1. The molecule has 0 spiro atoms. The lowest BCUT2D eigenvalue weighted by molar-refractivity contribution is -0.115. The molecule has 0 radical (unpaired) electrons. The first kappa shape index (κ1) is 21.5. The molecule has 4 aromatic rings. The number of hydrogen-bond donors (Lipinski definition) is 2. The molecular weight excluding hydrogens is 430 g/mol. The number of oxazole rings is 1. The molecule has 0 aliphatic rings. The monoisotopic (exact) mass is 451 g/mol. The maximum absolute atomic E-state index is 12.6. The highest BCUT2D eigenvalue weighted by Gasteiger charge is 2.17. The van der Waals surface area contributed by atoms with E-state index < -0.39 is 10.0 Å². The molecule has 1 amide bonds. The fourth-order valence-electron chi connectivity index (χ4n) is 3.06. The summed E-state index contributed by atoms with van der Waals surface area (Å²) in [6, 6.07) is 18.8. The highest BCUT2D eigenvalue weighted by Crippen LogP contribution is 2.22. The normalized spacial score (nSPS) is 11.4. The minimum atomic E-state index is -3.78. The Morgan fingerprint density at radius 3 is 2.59 bits per heavy atom. The van der Waals surface area contributed by atoms with Gasteiger partial charge in [-0.3, -0.25) is 4.79 Å². The largest absolute Gasteiger partial charge is 0.468 e.